The molecule has 114 valence electrons. The Hall–Kier alpha value is -2.69. The van der Waals surface area contributed by atoms with Crippen LogP contribution in [0.25, 0.3) is 0 Å². The van der Waals surface area contributed by atoms with E-state index in [9.17, 15) is 14.9 Å². The highest BCUT2D eigenvalue weighted by Gasteiger charge is 2.09. The lowest BCUT2D eigenvalue weighted by atomic mass is 10.1. The summed E-state index contributed by atoms with van der Waals surface area (Å²) < 4.78 is 0. The number of nitrogens with zero attached hydrogens (tertiary/aromatic N) is 1. The Morgan fingerprint density at radius 3 is 2.36 bits per heavy atom. The Bertz CT molecular complexity index is 694. The fourth-order valence-electron chi connectivity index (χ4n) is 2.09. The van der Waals surface area contributed by atoms with Crippen molar-refractivity contribution in [3.8, 4) is 0 Å². The summed E-state index contributed by atoms with van der Waals surface area (Å²) >= 11 is 0. The van der Waals surface area contributed by atoms with Crippen LogP contribution >= 0.6 is 0 Å². The van der Waals surface area contributed by atoms with Gasteiger partial charge in [-0.25, -0.2) is 0 Å². The van der Waals surface area contributed by atoms with Gasteiger partial charge in [0.2, 0.25) is 0 Å². The second-order valence-corrected chi connectivity index (χ2v) is 5.20. The number of non-ortho nitro benzene ring substituents is 1. The van der Waals surface area contributed by atoms with Crippen molar-refractivity contribution in [2.24, 2.45) is 0 Å². The number of nitrogens with one attached hydrogen (secondary N) is 1. The molecule has 2 rings (SSSR count). The largest absolute Gasteiger partial charge is 0.385 e. The first kappa shape index (κ1) is 15.7. The Kier molecular flexibility index (Phi) is 4.88. The third-order valence-electron chi connectivity index (χ3n) is 3.59. The zero-order chi connectivity index (χ0) is 16.1. The Balaban J connectivity index is 1.89. The molecule has 2 aromatic carbocycles. The molecule has 0 spiro atoms. The molecule has 0 bridgehead atoms. The van der Waals surface area contributed by atoms with E-state index < -0.39 is 4.92 Å². The summed E-state index contributed by atoms with van der Waals surface area (Å²) in [6.07, 6.45) is 0.338. The van der Waals surface area contributed by atoms with E-state index >= 15 is 0 Å². The van der Waals surface area contributed by atoms with Crippen LogP contribution in [-0.4, -0.2) is 17.3 Å². The number of nitro groups is 1. The van der Waals surface area contributed by atoms with Crippen LogP contribution in [-0.2, 0) is 0 Å². The quantitative estimate of drug-likeness (QED) is 0.499. The summed E-state index contributed by atoms with van der Waals surface area (Å²) in [6, 6.07) is 11.8. The third-order valence-corrected chi connectivity index (χ3v) is 3.59. The van der Waals surface area contributed by atoms with Gasteiger partial charge in [-0.1, -0.05) is 6.07 Å². The van der Waals surface area contributed by atoms with Crippen LogP contribution in [0, 0.1) is 24.0 Å². The number of aryl methyl sites for hydroxylation is 2. The molecule has 0 saturated carbocycles. The van der Waals surface area contributed by atoms with Gasteiger partial charge in [-0.2, -0.15) is 0 Å². The lowest BCUT2D eigenvalue weighted by molar-refractivity contribution is -0.384. The third kappa shape index (κ3) is 3.91. The van der Waals surface area contributed by atoms with E-state index in [2.05, 4.69) is 12.2 Å². The number of hydrogen-bond donors (Lipinski definition) is 1. The van der Waals surface area contributed by atoms with Crippen LogP contribution in [0.1, 0.15) is 27.9 Å². The number of Topliss-reactive ketones (excluding diaryl/α,β-unsaturated/α-hetero) is 1. The molecule has 0 saturated heterocycles. The highest BCUT2D eigenvalue weighted by Crippen LogP contribution is 2.15. The highest BCUT2D eigenvalue weighted by molar-refractivity contribution is 5.96. The number of carbonyl (C=O) groups is 1. The van der Waals surface area contributed by atoms with E-state index in [1.165, 1.54) is 35.4 Å². The number of nitro benzene ring substituents is 1. The molecule has 1 N–H and O–H groups in total. The van der Waals surface area contributed by atoms with Gasteiger partial charge in [0.15, 0.2) is 5.78 Å². The second-order valence-electron chi connectivity index (χ2n) is 5.20. The first-order chi connectivity index (χ1) is 10.5. The molecule has 0 radical (unpaired) electrons. The molecule has 5 heteroatoms. The van der Waals surface area contributed by atoms with Crippen molar-refractivity contribution in [1.29, 1.82) is 0 Å². The molecular weight excluding hydrogens is 280 g/mol. The summed E-state index contributed by atoms with van der Waals surface area (Å²) in [7, 11) is 0. The number of carbonyl (C=O) groups excluding carboxylic acids is 1. The molecule has 0 fully saturated rings. The average molecular weight is 298 g/mol. The van der Waals surface area contributed by atoms with Gasteiger partial charge >= 0.3 is 0 Å². The first-order valence-electron chi connectivity index (χ1n) is 7.06. The molecule has 0 unspecified atom stereocenters. The van der Waals surface area contributed by atoms with E-state index in [-0.39, 0.29) is 11.5 Å². The summed E-state index contributed by atoms with van der Waals surface area (Å²) in [5.41, 5.74) is 3.90. The monoisotopic (exact) mass is 298 g/mol. The summed E-state index contributed by atoms with van der Waals surface area (Å²) in [4.78, 5) is 22.1. The molecule has 0 aromatic heterocycles. The summed E-state index contributed by atoms with van der Waals surface area (Å²) in [5, 5.41) is 13.8. The van der Waals surface area contributed by atoms with Crippen molar-refractivity contribution < 1.29 is 9.72 Å². The van der Waals surface area contributed by atoms with Crippen LogP contribution in [0.2, 0.25) is 0 Å². The van der Waals surface area contributed by atoms with Gasteiger partial charge in [-0.05, 0) is 49.2 Å². The van der Waals surface area contributed by atoms with Crippen LogP contribution in [0.3, 0.4) is 0 Å². The number of hydrogen-bond acceptors (Lipinski definition) is 4. The molecule has 0 heterocycles. The lowest BCUT2D eigenvalue weighted by Crippen LogP contribution is -2.09. The molecular formula is C17H18N2O3. The Labute approximate surface area is 129 Å². The van der Waals surface area contributed by atoms with Gasteiger partial charge < -0.3 is 5.32 Å². The molecule has 5 nitrogen and oxygen atoms in total. The van der Waals surface area contributed by atoms with Gasteiger partial charge in [-0.3, -0.25) is 14.9 Å². The smallest absolute Gasteiger partial charge is 0.269 e. The van der Waals surface area contributed by atoms with E-state index in [1.54, 1.807) is 0 Å². The van der Waals surface area contributed by atoms with Crippen molar-refractivity contribution in [3.63, 3.8) is 0 Å². The average Bonchev–Trinajstić information content (AvgIpc) is 2.51. The van der Waals surface area contributed by atoms with Gasteiger partial charge in [-0.15, -0.1) is 0 Å². The standard InChI is InChI=1S/C17H18N2O3/c1-12-3-6-15(11-13(12)2)18-10-9-17(20)14-4-7-16(8-5-14)19(21)22/h3-8,11,18H,9-10H2,1-2H3. The maximum atomic E-state index is 12.0. The predicted molar refractivity (Wildman–Crippen MR) is 86.4 cm³/mol. The van der Waals surface area contributed by atoms with Crippen molar-refractivity contribution in [1.82, 2.24) is 0 Å². The van der Waals surface area contributed by atoms with E-state index in [0.29, 0.717) is 18.5 Å². The maximum absolute atomic E-state index is 12.0. The summed E-state index contributed by atoms with van der Waals surface area (Å²) in [5.74, 6) is -0.0359. The first-order valence-corrected chi connectivity index (χ1v) is 7.06. The zero-order valence-electron chi connectivity index (χ0n) is 12.6. The van der Waals surface area contributed by atoms with Crippen LogP contribution in [0.4, 0.5) is 11.4 Å². The van der Waals surface area contributed by atoms with Crippen molar-refractivity contribution >= 4 is 17.2 Å². The number of ketones is 1. The van der Waals surface area contributed by atoms with Crippen molar-refractivity contribution in [3.05, 3.63) is 69.3 Å². The molecule has 0 aliphatic heterocycles. The van der Waals surface area contributed by atoms with E-state index in [4.69, 9.17) is 0 Å². The van der Waals surface area contributed by atoms with Crippen LogP contribution in [0.5, 0.6) is 0 Å². The lowest BCUT2D eigenvalue weighted by Gasteiger charge is -2.08. The Morgan fingerprint density at radius 2 is 1.77 bits per heavy atom. The molecule has 22 heavy (non-hydrogen) atoms. The number of anilines is 1. The molecule has 0 aliphatic rings. The van der Waals surface area contributed by atoms with Crippen LogP contribution < -0.4 is 5.32 Å². The van der Waals surface area contributed by atoms with Gasteiger partial charge in [0.1, 0.15) is 0 Å². The minimum absolute atomic E-state index is 0.00944. The van der Waals surface area contributed by atoms with Gasteiger partial charge in [0.05, 0.1) is 4.92 Å². The molecule has 2 aromatic rings. The highest BCUT2D eigenvalue weighted by atomic mass is 16.6. The zero-order valence-corrected chi connectivity index (χ0v) is 12.6. The van der Waals surface area contributed by atoms with Crippen molar-refractivity contribution in [2.45, 2.75) is 20.3 Å². The fourth-order valence-corrected chi connectivity index (χ4v) is 2.09. The number of benzene rings is 2. The predicted octanol–water partition coefficient (Wildman–Crippen LogP) is 3.90. The van der Waals surface area contributed by atoms with E-state index in [0.717, 1.165) is 5.69 Å². The number of rotatable bonds is 6. The fraction of sp³-hybridized carbons (Fsp3) is 0.235. The SMILES string of the molecule is Cc1ccc(NCCC(=O)c2ccc([N+](=O)[O-])cc2)cc1C. The second kappa shape index (κ2) is 6.85. The Morgan fingerprint density at radius 1 is 1.09 bits per heavy atom. The molecule has 0 amide bonds. The minimum atomic E-state index is -0.477. The van der Waals surface area contributed by atoms with Crippen molar-refractivity contribution in [2.75, 3.05) is 11.9 Å². The normalized spacial score (nSPS) is 10.3. The maximum Gasteiger partial charge on any atom is 0.269 e. The molecule has 0 aliphatic carbocycles. The van der Waals surface area contributed by atoms with Gasteiger partial charge in [0, 0.05) is 36.3 Å². The topological polar surface area (TPSA) is 72.2 Å². The molecule has 0 atom stereocenters. The van der Waals surface area contributed by atoms with Crippen LogP contribution in [0.15, 0.2) is 42.5 Å². The van der Waals surface area contributed by atoms with E-state index in [1.807, 2.05) is 25.1 Å². The minimum Gasteiger partial charge on any atom is -0.385 e. The van der Waals surface area contributed by atoms with Gasteiger partial charge in [0.25, 0.3) is 5.69 Å². The summed E-state index contributed by atoms with van der Waals surface area (Å²) in [6.45, 7) is 4.62.